The topological polar surface area (TPSA) is 128 Å². The molecule has 8 nitrogen and oxygen atoms in total. The highest BCUT2D eigenvalue weighted by Gasteiger charge is 2.54. The zero-order chi connectivity index (χ0) is 16.7. The van der Waals surface area contributed by atoms with Crippen molar-refractivity contribution in [1.29, 1.82) is 5.26 Å². The summed E-state index contributed by atoms with van der Waals surface area (Å²) < 4.78 is 27.1. The summed E-state index contributed by atoms with van der Waals surface area (Å²) in [6, 6.07) is 2.68. The molecule has 2 heterocycles. The van der Waals surface area contributed by atoms with Gasteiger partial charge >= 0.3 is 6.03 Å². The molecule has 122 valence electrons. The maximum absolute atomic E-state index is 12.3. The van der Waals surface area contributed by atoms with Crippen molar-refractivity contribution in [3.8, 4) is 6.07 Å². The van der Waals surface area contributed by atoms with E-state index in [1.807, 2.05) is 6.07 Å². The Bertz CT molecular complexity index is 810. The van der Waals surface area contributed by atoms with E-state index in [1.54, 1.807) is 0 Å². The lowest BCUT2D eigenvalue weighted by atomic mass is 9.87. The Kier molecular flexibility index (Phi) is 3.87. The van der Waals surface area contributed by atoms with Crippen LogP contribution in [0.3, 0.4) is 0 Å². The molecule has 2 aliphatic rings. The molecule has 0 bridgehead atoms. The first kappa shape index (κ1) is 15.9. The molecule has 1 aliphatic carbocycles. The number of hydrogen-bond donors (Lipinski definition) is 3. The van der Waals surface area contributed by atoms with Crippen LogP contribution in [-0.4, -0.2) is 32.4 Å². The van der Waals surface area contributed by atoms with Crippen LogP contribution < -0.4 is 15.4 Å². The van der Waals surface area contributed by atoms with Crippen LogP contribution in [0.5, 0.6) is 0 Å². The fourth-order valence-electron chi connectivity index (χ4n) is 3.20. The standard InChI is InChI=1S/C13H14N4O4S2/c14-6-9-10(3-5-22-9)23(20,21)15-7-8-2-1-4-13(8)11(18)16-12(19)17-13/h3,5,8,15H,1-2,4,7H2,(H2,16,17,18,19). The van der Waals surface area contributed by atoms with E-state index in [1.165, 1.54) is 11.4 Å². The Morgan fingerprint density at radius 2 is 2.26 bits per heavy atom. The third kappa shape index (κ3) is 2.60. The number of hydrogen-bond acceptors (Lipinski definition) is 6. The summed E-state index contributed by atoms with van der Waals surface area (Å²) in [4.78, 5) is 23.5. The molecular weight excluding hydrogens is 340 g/mol. The van der Waals surface area contributed by atoms with Gasteiger partial charge in [0.25, 0.3) is 5.91 Å². The highest BCUT2D eigenvalue weighted by molar-refractivity contribution is 7.89. The van der Waals surface area contributed by atoms with Gasteiger partial charge in [0.1, 0.15) is 21.4 Å². The van der Waals surface area contributed by atoms with Crippen molar-refractivity contribution in [2.75, 3.05) is 6.54 Å². The summed E-state index contributed by atoms with van der Waals surface area (Å²) in [5, 5.41) is 15.3. The van der Waals surface area contributed by atoms with Gasteiger partial charge in [-0.2, -0.15) is 5.26 Å². The van der Waals surface area contributed by atoms with Crippen LogP contribution in [0.25, 0.3) is 0 Å². The van der Waals surface area contributed by atoms with Crippen molar-refractivity contribution in [2.24, 2.45) is 5.92 Å². The van der Waals surface area contributed by atoms with E-state index in [4.69, 9.17) is 5.26 Å². The van der Waals surface area contributed by atoms with E-state index < -0.39 is 27.5 Å². The van der Waals surface area contributed by atoms with E-state index >= 15 is 0 Å². The van der Waals surface area contributed by atoms with E-state index in [0.29, 0.717) is 12.8 Å². The fourth-order valence-corrected chi connectivity index (χ4v) is 5.45. The largest absolute Gasteiger partial charge is 0.323 e. The van der Waals surface area contributed by atoms with Crippen LogP contribution in [0.1, 0.15) is 24.1 Å². The first-order chi connectivity index (χ1) is 10.9. The van der Waals surface area contributed by atoms with Gasteiger partial charge in [0.2, 0.25) is 10.0 Å². The number of sulfonamides is 1. The lowest BCUT2D eigenvalue weighted by Crippen LogP contribution is -2.53. The fraction of sp³-hybridized carbons (Fsp3) is 0.462. The first-order valence-corrected chi connectivity index (χ1v) is 9.36. The molecule has 3 N–H and O–H groups in total. The second-order valence-corrected chi connectivity index (χ2v) is 8.20. The zero-order valence-electron chi connectivity index (χ0n) is 12.0. The molecule has 1 saturated heterocycles. The Labute approximate surface area is 136 Å². The summed E-state index contributed by atoms with van der Waals surface area (Å²) >= 11 is 1.05. The molecule has 0 aromatic carbocycles. The third-order valence-electron chi connectivity index (χ3n) is 4.33. The lowest BCUT2D eigenvalue weighted by molar-refractivity contribution is -0.125. The average Bonchev–Trinajstić information content (AvgIpc) is 3.18. The van der Waals surface area contributed by atoms with Gasteiger partial charge in [0, 0.05) is 12.5 Å². The molecule has 1 spiro atoms. The molecule has 1 aromatic heterocycles. The minimum absolute atomic E-state index is 0.0246. The van der Waals surface area contributed by atoms with E-state index in [-0.39, 0.29) is 22.2 Å². The summed E-state index contributed by atoms with van der Waals surface area (Å²) in [5.41, 5.74) is -1.04. The second kappa shape index (κ2) is 5.59. The van der Waals surface area contributed by atoms with Gasteiger partial charge in [-0.15, -0.1) is 11.3 Å². The zero-order valence-corrected chi connectivity index (χ0v) is 13.6. The molecule has 3 amide bonds. The second-order valence-electron chi connectivity index (χ2n) is 5.55. The summed E-state index contributed by atoms with van der Waals surface area (Å²) in [5.74, 6) is -0.731. The molecule has 3 rings (SSSR count). The highest BCUT2D eigenvalue weighted by atomic mass is 32.2. The average molecular weight is 354 g/mol. The number of rotatable bonds is 4. The van der Waals surface area contributed by atoms with Crippen LogP contribution in [0.4, 0.5) is 4.79 Å². The van der Waals surface area contributed by atoms with Crippen LogP contribution >= 0.6 is 11.3 Å². The van der Waals surface area contributed by atoms with Crippen molar-refractivity contribution < 1.29 is 18.0 Å². The molecule has 1 saturated carbocycles. The minimum atomic E-state index is -3.83. The number of carbonyl (C=O) groups is 2. The molecule has 1 aliphatic heterocycles. The normalized spacial score (nSPS) is 27.0. The Balaban J connectivity index is 1.77. The van der Waals surface area contributed by atoms with Crippen molar-refractivity contribution in [1.82, 2.24) is 15.4 Å². The van der Waals surface area contributed by atoms with Crippen LogP contribution in [0.15, 0.2) is 16.3 Å². The van der Waals surface area contributed by atoms with Crippen molar-refractivity contribution in [3.05, 3.63) is 16.3 Å². The van der Waals surface area contributed by atoms with Gasteiger partial charge in [0.05, 0.1) is 0 Å². The van der Waals surface area contributed by atoms with Crippen molar-refractivity contribution in [2.45, 2.75) is 29.7 Å². The van der Waals surface area contributed by atoms with Crippen LogP contribution in [-0.2, 0) is 14.8 Å². The third-order valence-corrected chi connectivity index (χ3v) is 6.74. The molecule has 23 heavy (non-hydrogen) atoms. The maximum Gasteiger partial charge on any atom is 0.322 e. The number of urea groups is 1. The quantitative estimate of drug-likeness (QED) is 0.669. The van der Waals surface area contributed by atoms with Gasteiger partial charge in [0.15, 0.2) is 0 Å². The van der Waals surface area contributed by atoms with Gasteiger partial charge in [-0.1, -0.05) is 6.42 Å². The van der Waals surface area contributed by atoms with Crippen LogP contribution in [0.2, 0.25) is 0 Å². The Morgan fingerprint density at radius 1 is 1.48 bits per heavy atom. The van der Waals surface area contributed by atoms with Gasteiger partial charge < -0.3 is 5.32 Å². The van der Waals surface area contributed by atoms with Gasteiger partial charge in [-0.3, -0.25) is 10.1 Å². The molecule has 2 fully saturated rings. The molecule has 10 heteroatoms. The van der Waals surface area contributed by atoms with Crippen LogP contribution in [0, 0.1) is 17.2 Å². The van der Waals surface area contributed by atoms with E-state index in [9.17, 15) is 18.0 Å². The number of nitrogens with one attached hydrogen (secondary N) is 3. The minimum Gasteiger partial charge on any atom is -0.323 e. The lowest BCUT2D eigenvalue weighted by Gasteiger charge is -2.28. The number of thiophene rings is 1. The van der Waals surface area contributed by atoms with Crippen molar-refractivity contribution in [3.63, 3.8) is 0 Å². The van der Waals surface area contributed by atoms with Gasteiger partial charge in [-0.25, -0.2) is 17.9 Å². The molecular formula is C13H14N4O4S2. The molecule has 2 unspecified atom stereocenters. The number of carbonyl (C=O) groups excluding carboxylic acids is 2. The Morgan fingerprint density at radius 3 is 2.91 bits per heavy atom. The number of nitriles is 1. The van der Waals surface area contributed by atoms with Crippen molar-refractivity contribution >= 4 is 33.3 Å². The van der Waals surface area contributed by atoms with E-state index in [0.717, 1.165) is 17.8 Å². The molecule has 1 aromatic rings. The predicted octanol–water partition coefficient (Wildman–Crippen LogP) is 0.276. The molecule has 2 atom stereocenters. The van der Waals surface area contributed by atoms with E-state index in [2.05, 4.69) is 15.4 Å². The summed E-state index contributed by atoms with van der Waals surface area (Å²) in [6.45, 7) is 0.0246. The smallest absolute Gasteiger partial charge is 0.322 e. The summed E-state index contributed by atoms with van der Waals surface area (Å²) in [7, 11) is -3.83. The predicted molar refractivity (Wildman–Crippen MR) is 81.0 cm³/mol. The Hall–Kier alpha value is -1.96. The number of amides is 3. The molecule has 0 radical (unpaired) electrons. The number of imide groups is 1. The number of nitrogens with zero attached hydrogens (tertiary/aromatic N) is 1. The monoisotopic (exact) mass is 354 g/mol. The maximum atomic E-state index is 12.3. The first-order valence-electron chi connectivity index (χ1n) is 7.00. The summed E-state index contributed by atoms with van der Waals surface area (Å²) in [6.07, 6.45) is 1.84. The highest BCUT2D eigenvalue weighted by Crippen LogP contribution is 2.37. The SMILES string of the molecule is N#Cc1sccc1S(=O)(=O)NCC1CCCC12NC(=O)NC2=O. The van der Waals surface area contributed by atoms with Gasteiger partial charge in [-0.05, 0) is 24.3 Å².